The first-order valence-electron chi connectivity index (χ1n) is 10.1. The second-order valence-electron chi connectivity index (χ2n) is 7.28. The van der Waals surface area contributed by atoms with Crippen LogP contribution in [0.15, 0.2) is 71.3 Å². The molecular weight excluding hydrogens is 459 g/mol. The Bertz CT molecular complexity index is 1180. The number of rotatable bonds is 9. The van der Waals surface area contributed by atoms with E-state index < -0.39 is 0 Å². The molecule has 0 atom stereocenters. The first kappa shape index (κ1) is 21.4. The third-order valence-corrected chi connectivity index (χ3v) is 5.78. The fourth-order valence-corrected chi connectivity index (χ4v) is 4.18. The zero-order chi connectivity index (χ0) is 21.6. The van der Waals surface area contributed by atoms with Crippen molar-refractivity contribution in [2.45, 2.75) is 19.6 Å². The highest BCUT2D eigenvalue weighted by atomic mass is 79.9. The lowest BCUT2D eigenvalue weighted by Crippen LogP contribution is -2.16. The summed E-state index contributed by atoms with van der Waals surface area (Å²) in [6.45, 7) is 1.68. The first-order valence-corrected chi connectivity index (χ1v) is 10.9. The van der Waals surface area contributed by atoms with Crippen molar-refractivity contribution in [3.8, 4) is 11.5 Å². The highest BCUT2D eigenvalue weighted by Gasteiger charge is 2.13. The maximum Gasteiger partial charge on any atom is 0.175 e. The number of hydrogen-bond donors (Lipinski definition) is 2. The number of fused-ring (bicyclic) bond motifs is 1. The lowest BCUT2D eigenvalue weighted by Gasteiger charge is -2.15. The van der Waals surface area contributed by atoms with E-state index in [1.807, 2.05) is 18.2 Å². The van der Waals surface area contributed by atoms with E-state index in [1.165, 1.54) is 17.0 Å². The number of hydrogen-bond acceptors (Lipinski definition) is 3. The molecule has 0 radical (unpaired) electrons. The summed E-state index contributed by atoms with van der Waals surface area (Å²) in [5.41, 5.74) is 4.04. The molecule has 0 saturated carbocycles. The molecule has 6 heteroatoms. The Morgan fingerprint density at radius 1 is 1.03 bits per heavy atom. The van der Waals surface area contributed by atoms with E-state index in [9.17, 15) is 4.39 Å². The summed E-state index contributed by atoms with van der Waals surface area (Å²) in [7, 11) is 1.60. The van der Waals surface area contributed by atoms with Gasteiger partial charge in [-0.15, -0.1) is 0 Å². The molecule has 4 rings (SSSR count). The summed E-state index contributed by atoms with van der Waals surface area (Å²) >= 11 is 3.57. The van der Waals surface area contributed by atoms with Gasteiger partial charge in [-0.25, -0.2) is 4.39 Å². The van der Waals surface area contributed by atoms with Gasteiger partial charge >= 0.3 is 0 Å². The molecule has 2 N–H and O–H groups in total. The van der Waals surface area contributed by atoms with Crippen molar-refractivity contribution in [3.05, 3.63) is 93.8 Å². The predicted molar refractivity (Wildman–Crippen MR) is 125 cm³/mol. The number of H-pyrrole nitrogens is 1. The van der Waals surface area contributed by atoms with Crippen molar-refractivity contribution in [3.63, 3.8) is 0 Å². The minimum absolute atomic E-state index is 0.129. The molecular formula is C25H24BrFN2O2. The van der Waals surface area contributed by atoms with Crippen molar-refractivity contribution < 1.29 is 13.9 Å². The van der Waals surface area contributed by atoms with Gasteiger partial charge in [0, 0.05) is 29.2 Å². The van der Waals surface area contributed by atoms with Gasteiger partial charge in [0.15, 0.2) is 11.5 Å². The first-order chi connectivity index (χ1) is 15.2. The Kier molecular flexibility index (Phi) is 6.89. The molecule has 0 fully saturated rings. The zero-order valence-corrected chi connectivity index (χ0v) is 18.8. The Morgan fingerprint density at radius 2 is 1.84 bits per heavy atom. The van der Waals surface area contributed by atoms with Crippen molar-refractivity contribution >= 4 is 26.8 Å². The summed E-state index contributed by atoms with van der Waals surface area (Å²) in [6.07, 6.45) is 3.01. The quantitative estimate of drug-likeness (QED) is 0.288. The van der Waals surface area contributed by atoms with E-state index in [0.717, 1.165) is 28.5 Å². The zero-order valence-electron chi connectivity index (χ0n) is 17.3. The van der Waals surface area contributed by atoms with Crippen LogP contribution in [0.5, 0.6) is 11.5 Å². The second kappa shape index (κ2) is 9.98. The normalized spacial score (nSPS) is 11.1. The molecule has 1 aromatic heterocycles. The molecule has 31 heavy (non-hydrogen) atoms. The van der Waals surface area contributed by atoms with Crippen LogP contribution in [-0.4, -0.2) is 18.6 Å². The molecule has 4 nitrogen and oxygen atoms in total. The van der Waals surface area contributed by atoms with E-state index in [0.29, 0.717) is 23.6 Å². The van der Waals surface area contributed by atoms with E-state index in [-0.39, 0.29) is 12.4 Å². The van der Waals surface area contributed by atoms with Crippen LogP contribution < -0.4 is 14.8 Å². The van der Waals surface area contributed by atoms with Gasteiger partial charge in [0.2, 0.25) is 0 Å². The average molecular weight is 483 g/mol. The van der Waals surface area contributed by atoms with Crippen LogP contribution in [0.4, 0.5) is 4.39 Å². The molecule has 0 amide bonds. The molecule has 0 aliphatic carbocycles. The van der Waals surface area contributed by atoms with Crippen LogP contribution in [-0.2, 0) is 19.6 Å². The lowest BCUT2D eigenvalue weighted by molar-refractivity contribution is 0.277. The highest BCUT2D eigenvalue weighted by Crippen LogP contribution is 2.37. The average Bonchev–Trinajstić information content (AvgIpc) is 3.20. The maximum absolute atomic E-state index is 13.9. The summed E-state index contributed by atoms with van der Waals surface area (Å²) in [4.78, 5) is 3.31. The summed E-state index contributed by atoms with van der Waals surface area (Å²) in [6, 6.07) is 18.9. The Morgan fingerprint density at radius 3 is 2.68 bits per heavy atom. The molecule has 1 heterocycles. The lowest BCUT2D eigenvalue weighted by atomic mass is 10.1. The van der Waals surface area contributed by atoms with Crippen molar-refractivity contribution in [2.75, 3.05) is 13.7 Å². The van der Waals surface area contributed by atoms with Crippen molar-refractivity contribution in [2.24, 2.45) is 0 Å². The largest absolute Gasteiger partial charge is 0.493 e. The number of benzene rings is 3. The van der Waals surface area contributed by atoms with Gasteiger partial charge in [-0.2, -0.15) is 0 Å². The van der Waals surface area contributed by atoms with Gasteiger partial charge < -0.3 is 19.8 Å². The van der Waals surface area contributed by atoms with E-state index in [1.54, 1.807) is 25.3 Å². The number of ether oxygens (including phenoxy) is 2. The van der Waals surface area contributed by atoms with Crippen LogP contribution in [0.25, 0.3) is 10.9 Å². The number of para-hydroxylation sites is 1. The third kappa shape index (κ3) is 5.09. The monoisotopic (exact) mass is 482 g/mol. The SMILES string of the molecule is COc1cc(CNCCc2c[nH]c3ccccc23)cc(Br)c1OCc1ccccc1F. The van der Waals surface area contributed by atoms with Crippen LogP contribution in [0.1, 0.15) is 16.7 Å². The summed E-state index contributed by atoms with van der Waals surface area (Å²) in [5.74, 6) is 0.890. The minimum atomic E-state index is -0.284. The molecule has 0 spiro atoms. The maximum atomic E-state index is 13.9. The van der Waals surface area contributed by atoms with Gasteiger partial charge in [-0.05, 0) is 64.3 Å². The highest BCUT2D eigenvalue weighted by molar-refractivity contribution is 9.10. The second-order valence-corrected chi connectivity index (χ2v) is 8.13. The Hall–Kier alpha value is -2.83. The molecule has 0 saturated heterocycles. The van der Waals surface area contributed by atoms with Crippen LogP contribution in [0, 0.1) is 5.82 Å². The number of nitrogens with one attached hydrogen (secondary N) is 2. The fraction of sp³-hybridized carbons (Fsp3) is 0.200. The van der Waals surface area contributed by atoms with E-state index in [4.69, 9.17) is 9.47 Å². The number of aromatic nitrogens is 1. The summed E-state index contributed by atoms with van der Waals surface area (Å²) in [5, 5.41) is 4.76. The minimum Gasteiger partial charge on any atom is -0.493 e. The van der Waals surface area contributed by atoms with E-state index >= 15 is 0 Å². The van der Waals surface area contributed by atoms with Crippen LogP contribution in [0.2, 0.25) is 0 Å². The number of halogens is 2. The van der Waals surface area contributed by atoms with Gasteiger partial charge in [0.05, 0.1) is 11.6 Å². The molecule has 0 unspecified atom stereocenters. The molecule has 3 aromatic carbocycles. The molecule has 0 aliphatic rings. The van der Waals surface area contributed by atoms with Crippen molar-refractivity contribution in [1.82, 2.24) is 10.3 Å². The molecule has 0 bridgehead atoms. The van der Waals surface area contributed by atoms with E-state index in [2.05, 4.69) is 50.6 Å². The van der Waals surface area contributed by atoms with Gasteiger partial charge in [-0.3, -0.25) is 0 Å². The summed E-state index contributed by atoms with van der Waals surface area (Å²) < 4.78 is 26.0. The van der Waals surface area contributed by atoms with Gasteiger partial charge in [0.25, 0.3) is 0 Å². The standard InChI is InChI=1S/C25H24BrFN2O2/c1-30-24-13-17(12-21(26)25(24)31-16-19-6-2-4-8-22(19)27)14-28-11-10-18-15-29-23-9-5-3-7-20(18)23/h2-9,12-13,15,28-29H,10-11,14,16H2,1H3. The van der Waals surface area contributed by atoms with Gasteiger partial charge in [-0.1, -0.05) is 36.4 Å². The molecule has 4 aromatic rings. The molecule has 0 aliphatic heterocycles. The topological polar surface area (TPSA) is 46.3 Å². The Labute approximate surface area is 189 Å². The Balaban J connectivity index is 1.36. The van der Waals surface area contributed by atoms with Crippen molar-refractivity contribution in [1.29, 1.82) is 0 Å². The number of methoxy groups -OCH3 is 1. The fourth-order valence-electron chi connectivity index (χ4n) is 3.57. The van der Waals surface area contributed by atoms with Crippen LogP contribution >= 0.6 is 15.9 Å². The predicted octanol–water partition coefficient (Wildman–Crippen LogP) is 5.99. The van der Waals surface area contributed by atoms with Gasteiger partial charge in [0.1, 0.15) is 12.4 Å². The molecule has 160 valence electrons. The smallest absolute Gasteiger partial charge is 0.175 e. The van der Waals surface area contributed by atoms with Crippen LogP contribution in [0.3, 0.4) is 0 Å². The number of aromatic amines is 1. The third-order valence-electron chi connectivity index (χ3n) is 5.19.